The van der Waals surface area contributed by atoms with Gasteiger partial charge in [-0.1, -0.05) is 78.7 Å². The fourth-order valence-corrected chi connectivity index (χ4v) is 13.2. The van der Waals surface area contributed by atoms with E-state index in [1.54, 1.807) is 18.2 Å². The minimum atomic E-state index is -1.14. The molecule has 0 heterocycles. The molecule has 4 fully saturated rings. The molecule has 57 heavy (non-hydrogen) atoms. The third kappa shape index (κ3) is 7.45. The summed E-state index contributed by atoms with van der Waals surface area (Å²) < 4.78 is 6.25. The summed E-state index contributed by atoms with van der Waals surface area (Å²) in [5.41, 5.74) is 1.01. The lowest BCUT2D eigenvalue weighted by Crippen LogP contribution is -2.65. The number of carbonyl (C=O) groups excluding carboxylic acids is 3. The first-order chi connectivity index (χ1) is 26.6. The van der Waals surface area contributed by atoms with E-state index < -0.39 is 29.4 Å². The molecule has 0 bridgehead atoms. The molecular formula is C47H68N2O8. The van der Waals surface area contributed by atoms with Gasteiger partial charge in [-0.2, -0.15) is 0 Å². The van der Waals surface area contributed by atoms with E-state index in [0.29, 0.717) is 24.8 Å². The average molecular weight is 789 g/mol. The van der Waals surface area contributed by atoms with E-state index in [2.05, 4.69) is 65.2 Å². The van der Waals surface area contributed by atoms with Gasteiger partial charge in [0, 0.05) is 18.4 Å². The normalized spacial score (nSPS) is 35.4. The molecule has 314 valence electrons. The lowest BCUT2D eigenvalue weighted by molar-refractivity contribution is -0.204. The maximum Gasteiger partial charge on any atom is 0.339 e. The van der Waals surface area contributed by atoms with Crippen LogP contribution in [0.1, 0.15) is 166 Å². The van der Waals surface area contributed by atoms with Crippen molar-refractivity contribution in [2.75, 3.05) is 6.54 Å². The summed E-state index contributed by atoms with van der Waals surface area (Å²) in [7, 11) is 0. The van der Waals surface area contributed by atoms with Crippen LogP contribution in [0.5, 0.6) is 0 Å². The molecular weight excluding hydrogens is 721 g/mol. The number of hydrogen-bond donors (Lipinski definition) is 4. The number of ether oxygens (including phenoxy) is 1. The topological polar surface area (TPSA) is 159 Å². The second kappa shape index (κ2) is 15.5. The Morgan fingerprint density at radius 1 is 0.825 bits per heavy atom. The summed E-state index contributed by atoms with van der Waals surface area (Å²) in [5.74, 6) is -1.88. The molecule has 1 aromatic carbocycles. The number of amides is 2. The minimum absolute atomic E-state index is 0.0242. The van der Waals surface area contributed by atoms with Crippen LogP contribution in [0.25, 0.3) is 0 Å². The van der Waals surface area contributed by atoms with Crippen molar-refractivity contribution in [3.63, 3.8) is 0 Å². The molecule has 0 saturated heterocycles. The van der Waals surface area contributed by atoms with Gasteiger partial charge in [0.25, 0.3) is 0 Å². The van der Waals surface area contributed by atoms with Crippen LogP contribution in [-0.2, 0) is 19.1 Å². The number of carbonyl (C=O) groups is 5. The van der Waals surface area contributed by atoms with E-state index in [1.165, 1.54) is 18.6 Å². The molecule has 0 aliphatic heterocycles. The SMILES string of the molecule is C[C@H](NC(=O)CCCCCNC(=O)[C@]12CCC(C)(C)C[C@H]1C1=CC[C@@H]3[C@@]4(C)CC[C@H](OC(=O)c5ccccc5C(=O)O)C(C)(C)[C@@H]4CC[C@@]3(C)[C@]1(C)CC2)C(=O)O. The van der Waals surface area contributed by atoms with Gasteiger partial charge < -0.3 is 25.6 Å². The highest BCUT2D eigenvalue weighted by Crippen LogP contribution is 2.76. The lowest BCUT2D eigenvalue weighted by Gasteiger charge is -2.71. The molecule has 2 amide bonds. The number of fused-ring (bicyclic) bond motifs is 7. The predicted octanol–water partition coefficient (Wildman–Crippen LogP) is 8.98. The van der Waals surface area contributed by atoms with Crippen LogP contribution >= 0.6 is 0 Å². The van der Waals surface area contributed by atoms with Crippen molar-refractivity contribution in [3.8, 4) is 0 Å². The first-order valence-corrected chi connectivity index (χ1v) is 21.7. The van der Waals surface area contributed by atoms with Crippen molar-refractivity contribution in [3.05, 3.63) is 47.0 Å². The molecule has 10 heteroatoms. The number of allylic oxidation sites excluding steroid dienone is 2. The third-order valence-electron chi connectivity index (χ3n) is 16.8. The van der Waals surface area contributed by atoms with E-state index in [0.717, 1.165) is 77.0 Å². The van der Waals surface area contributed by atoms with Crippen LogP contribution in [-0.4, -0.2) is 58.6 Å². The number of nitrogens with one attached hydrogen (secondary N) is 2. The summed E-state index contributed by atoms with van der Waals surface area (Å²) in [5, 5.41) is 24.6. The van der Waals surface area contributed by atoms with E-state index in [9.17, 15) is 29.1 Å². The predicted molar refractivity (Wildman–Crippen MR) is 218 cm³/mol. The maximum atomic E-state index is 14.5. The summed E-state index contributed by atoms with van der Waals surface area (Å²) in [6.07, 6.45) is 14.2. The van der Waals surface area contributed by atoms with Crippen molar-refractivity contribution in [2.24, 2.45) is 50.2 Å². The maximum absolute atomic E-state index is 14.5. The number of carboxylic acids is 2. The Labute approximate surface area is 339 Å². The number of aromatic carboxylic acids is 1. The molecule has 4 N–H and O–H groups in total. The Balaban J connectivity index is 1.17. The lowest BCUT2D eigenvalue weighted by atomic mass is 9.33. The van der Waals surface area contributed by atoms with Gasteiger partial charge in [-0.3, -0.25) is 14.4 Å². The minimum Gasteiger partial charge on any atom is -0.480 e. The van der Waals surface area contributed by atoms with Gasteiger partial charge in [0.1, 0.15) is 12.1 Å². The number of benzene rings is 1. The van der Waals surface area contributed by atoms with Gasteiger partial charge >= 0.3 is 17.9 Å². The Hall–Kier alpha value is -3.69. The number of carboxylic acid groups (broad SMARTS) is 2. The van der Waals surface area contributed by atoms with Crippen LogP contribution in [0, 0.1) is 50.2 Å². The van der Waals surface area contributed by atoms with Crippen LogP contribution < -0.4 is 10.6 Å². The Bertz CT molecular complexity index is 1800. The number of esters is 1. The zero-order chi connectivity index (χ0) is 41.8. The van der Waals surface area contributed by atoms with Gasteiger partial charge in [0.05, 0.1) is 16.5 Å². The average Bonchev–Trinajstić information content (AvgIpc) is 3.14. The van der Waals surface area contributed by atoms with E-state index in [4.69, 9.17) is 9.84 Å². The van der Waals surface area contributed by atoms with E-state index in [-0.39, 0.29) is 68.5 Å². The van der Waals surface area contributed by atoms with E-state index in [1.807, 2.05) is 0 Å². The Morgan fingerprint density at radius 3 is 2.19 bits per heavy atom. The zero-order valence-electron chi connectivity index (χ0n) is 35.7. The first kappa shape index (κ1) is 42.9. The second-order valence-corrected chi connectivity index (χ2v) is 20.7. The van der Waals surface area contributed by atoms with Crippen LogP contribution in [0.15, 0.2) is 35.9 Å². The highest BCUT2D eigenvalue weighted by molar-refractivity contribution is 6.02. The molecule has 0 unspecified atom stereocenters. The molecule has 0 radical (unpaired) electrons. The molecule has 0 aromatic heterocycles. The summed E-state index contributed by atoms with van der Waals surface area (Å²) >= 11 is 0. The summed E-state index contributed by atoms with van der Waals surface area (Å²) in [4.78, 5) is 63.0. The number of hydrogen-bond acceptors (Lipinski definition) is 6. The fourth-order valence-electron chi connectivity index (χ4n) is 13.2. The van der Waals surface area contributed by atoms with Crippen LogP contribution in [0.3, 0.4) is 0 Å². The fraction of sp³-hybridized carbons (Fsp3) is 0.723. The highest BCUT2D eigenvalue weighted by Gasteiger charge is 2.69. The number of rotatable bonds is 12. The van der Waals surface area contributed by atoms with Gasteiger partial charge in [-0.15, -0.1) is 0 Å². The van der Waals surface area contributed by atoms with Crippen molar-refractivity contribution in [1.29, 1.82) is 0 Å². The zero-order valence-corrected chi connectivity index (χ0v) is 35.7. The second-order valence-electron chi connectivity index (χ2n) is 20.7. The largest absolute Gasteiger partial charge is 0.480 e. The summed E-state index contributed by atoms with van der Waals surface area (Å²) in [6, 6.07) is 5.39. The third-order valence-corrected chi connectivity index (χ3v) is 16.8. The molecule has 4 saturated carbocycles. The van der Waals surface area contributed by atoms with Crippen molar-refractivity contribution >= 4 is 29.7 Å². The molecule has 6 rings (SSSR count). The highest BCUT2D eigenvalue weighted by atomic mass is 16.5. The van der Waals surface area contributed by atoms with Gasteiger partial charge in [-0.05, 0) is 136 Å². The van der Waals surface area contributed by atoms with E-state index >= 15 is 0 Å². The van der Waals surface area contributed by atoms with Crippen molar-refractivity contribution in [2.45, 2.75) is 157 Å². The standard InChI is InChI=1S/C47H68N2O8/c1-29(38(51)52)49-37(50)16-10-9-13-27-48-41(56)47-25-23-42(2,3)28-33(47)32-17-18-35-44(6)21-20-36(57-40(55)31-15-12-11-14-30(31)39(53)54)43(4,5)34(44)19-22-46(35,8)45(32,7)24-26-47/h11-12,14-15,17,29,33-36H,9-10,13,16,18-28H2,1-8H3,(H,48,56)(H,49,50)(H,51,52)(H,53,54)/t29-,33-,34-,35+,36-,44-,45+,46+,47-/m0/s1. The number of unbranched alkanes of at least 4 members (excludes halogenated alkanes) is 2. The molecule has 5 aliphatic rings. The smallest absolute Gasteiger partial charge is 0.339 e. The van der Waals surface area contributed by atoms with Crippen molar-refractivity contribution in [1.82, 2.24) is 10.6 Å². The monoisotopic (exact) mass is 788 g/mol. The van der Waals surface area contributed by atoms with Gasteiger partial charge in [0.15, 0.2) is 0 Å². The quantitative estimate of drug-likeness (QED) is 0.0928. The molecule has 0 spiro atoms. The van der Waals surface area contributed by atoms with Crippen molar-refractivity contribution < 1.29 is 38.9 Å². The molecule has 9 atom stereocenters. The Morgan fingerprint density at radius 2 is 1.51 bits per heavy atom. The van der Waals surface area contributed by atoms with Crippen LogP contribution in [0.2, 0.25) is 0 Å². The summed E-state index contributed by atoms with van der Waals surface area (Å²) in [6.45, 7) is 18.8. The van der Waals surface area contributed by atoms with Crippen LogP contribution in [0.4, 0.5) is 0 Å². The Kier molecular flexibility index (Phi) is 11.7. The molecule has 5 aliphatic carbocycles. The first-order valence-electron chi connectivity index (χ1n) is 21.7. The van der Waals surface area contributed by atoms with Gasteiger partial charge in [0.2, 0.25) is 11.8 Å². The molecule has 1 aromatic rings. The number of aliphatic carboxylic acids is 1. The van der Waals surface area contributed by atoms with Gasteiger partial charge in [-0.25, -0.2) is 9.59 Å². The molecule has 10 nitrogen and oxygen atoms in total.